The molecule has 0 amide bonds. The third-order valence-corrected chi connectivity index (χ3v) is 8.80. The summed E-state index contributed by atoms with van der Waals surface area (Å²) in [6.07, 6.45) is 12.0. The number of rotatable bonds is 7. The second-order valence-corrected chi connectivity index (χ2v) is 10.9. The third kappa shape index (κ3) is 3.37. The van der Waals surface area contributed by atoms with Gasteiger partial charge in [0.05, 0.1) is 7.11 Å². The van der Waals surface area contributed by atoms with Crippen LogP contribution in [0.25, 0.3) is 22.2 Å². The summed E-state index contributed by atoms with van der Waals surface area (Å²) in [6, 6.07) is 15.8. The van der Waals surface area contributed by atoms with Gasteiger partial charge in [-0.1, -0.05) is 18.2 Å². The van der Waals surface area contributed by atoms with E-state index in [0.717, 1.165) is 49.3 Å². The van der Waals surface area contributed by atoms with Crippen molar-refractivity contribution < 1.29 is 4.74 Å². The molecule has 7 rings (SSSR count). The zero-order valence-electron chi connectivity index (χ0n) is 19.3. The van der Waals surface area contributed by atoms with Crippen molar-refractivity contribution in [1.82, 2.24) is 4.98 Å². The predicted molar refractivity (Wildman–Crippen MR) is 132 cm³/mol. The molecule has 168 valence electrons. The summed E-state index contributed by atoms with van der Waals surface area (Å²) < 4.78 is 5.52. The third-order valence-electron chi connectivity index (χ3n) is 8.80. The lowest BCUT2D eigenvalue weighted by Gasteiger charge is -2.57. The number of nitrogens with two attached hydrogens (primary N) is 1. The summed E-state index contributed by atoms with van der Waals surface area (Å²) in [5.74, 6) is 3.82. The standard InChI is InChI=1S/C29H36N2O/c1-32-24-6-4-5-22(14-24)28-25(7-2-3-10-30)26-15-23(8-9-27(26)31-28)29-16-19-11-20(17-29)13-21(12-19)18-29/h4-6,8-9,14-15,19-21,31H,2-3,7,10-13,16-18,30H2,1H3. The molecule has 3 nitrogen and oxygen atoms in total. The molecule has 32 heavy (non-hydrogen) atoms. The predicted octanol–water partition coefficient (Wildman–Crippen LogP) is 6.59. The van der Waals surface area contributed by atoms with E-state index in [9.17, 15) is 0 Å². The van der Waals surface area contributed by atoms with Crippen molar-refractivity contribution >= 4 is 10.9 Å². The molecule has 2 aromatic carbocycles. The van der Waals surface area contributed by atoms with E-state index in [1.54, 1.807) is 12.7 Å². The highest BCUT2D eigenvalue weighted by Crippen LogP contribution is 2.61. The zero-order chi connectivity index (χ0) is 21.7. The van der Waals surface area contributed by atoms with Gasteiger partial charge in [-0.2, -0.15) is 0 Å². The molecule has 3 aromatic rings. The van der Waals surface area contributed by atoms with Gasteiger partial charge in [0.2, 0.25) is 0 Å². The number of benzene rings is 2. The molecule has 4 aliphatic rings. The van der Waals surface area contributed by atoms with Gasteiger partial charge in [0.15, 0.2) is 0 Å². The summed E-state index contributed by atoms with van der Waals surface area (Å²) in [5, 5.41) is 1.42. The van der Waals surface area contributed by atoms with Crippen molar-refractivity contribution in [3.8, 4) is 17.0 Å². The summed E-state index contributed by atoms with van der Waals surface area (Å²) in [4.78, 5) is 3.77. The summed E-state index contributed by atoms with van der Waals surface area (Å²) in [7, 11) is 1.74. The van der Waals surface area contributed by atoms with Crippen LogP contribution in [-0.2, 0) is 11.8 Å². The van der Waals surface area contributed by atoms with Gasteiger partial charge in [-0.25, -0.2) is 0 Å². The van der Waals surface area contributed by atoms with E-state index in [0.29, 0.717) is 5.41 Å². The Hall–Kier alpha value is -2.26. The van der Waals surface area contributed by atoms with Gasteiger partial charge < -0.3 is 15.5 Å². The first-order valence-electron chi connectivity index (χ1n) is 12.7. The number of fused-ring (bicyclic) bond motifs is 1. The van der Waals surface area contributed by atoms with E-state index in [1.165, 1.54) is 66.2 Å². The Kier molecular flexibility index (Phi) is 5.06. The summed E-state index contributed by atoms with van der Waals surface area (Å²) in [5.41, 5.74) is 13.1. The van der Waals surface area contributed by atoms with Crippen LogP contribution in [0.4, 0.5) is 0 Å². The maximum atomic E-state index is 5.84. The number of methoxy groups -OCH3 is 1. The van der Waals surface area contributed by atoms with Crippen LogP contribution in [0.2, 0.25) is 0 Å². The fourth-order valence-corrected chi connectivity index (χ4v) is 7.77. The van der Waals surface area contributed by atoms with E-state index in [4.69, 9.17) is 10.5 Å². The van der Waals surface area contributed by atoms with Crippen molar-refractivity contribution in [2.45, 2.75) is 63.2 Å². The topological polar surface area (TPSA) is 51.0 Å². The van der Waals surface area contributed by atoms with Crippen molar-refractivity contribution in [1.29, 1.82) is 0 Å². The monoisotopic (exact) mass is 428 g/mol. The number of unbranched alkanes of at least 4 members (excludes halogenated alkanes) is 1. The Morgan fingerprint density at radius 2 is 1.72 bits per heavy atom. The molecule has 4 fully saturated rings. The first-order valence-corrected chi connectivity index (χ1v) is 12.7. The molecule has 4 bridgehead atoms. The molecular weight excluding hydrogens is 392 g/mol. The lowest BCUT2D eigenvalue weighted by atomic mass is 9.48. The number of aromatic nitrogens is 1. The average molecular weight is 429 g/mol. The number of ether oxygens (including phenoxy) is 1. The van der Waals surface area contributed by atoms with Gasteiger partial charge in [-0.15, -0.1) is 0 Å². The Bertz CT molecular complexity index is 1090. The highest BCUT2D eigenvalue weighted by molar-refractivity contribution is 5.91. The molecule has 1 heterocycles. The van der Waals surface area contributed by atoms with Crippen LogP contribution >= 0.6 is 0 Å². The molecule has 3 heteroatoms. The lowest BCUT2D eigenvalue weighted by Crippen LogP contribution is -2.48. The minimum atomic E-state index is 0.435. The fourth-order valence-electron chi connectivity index (χ4n) is 7.77. The Morgan fingerprint density at radius 1 is 0.969 bits per heavy atom. The van der Waals surface area contributed by atoms with E-state index in [-0.39, 0.29) is 0 Å². The smallest absolute Gasteiger partial charge is 0.119 e. The Morgan fingerprint density at radius 3 is 2.41 bits per heavy atom. The first-order chi connectivity index (χ1) is 15.7. The summed E-state index contributed by atoms with van der Waals surface area (Å²) >= 11 is 0. The van der Waals surface area contributed by atoms with Crippen molar-refractivity contribution in [3.63, 3.8) is 0 Å². The summed E-state index contributed by atoms with van der Waals surface area (Å²) in [6.45, 7) is 0.759. The van der Waals surface area contributed by atoms with Gasteiger partial charge in [-0.3, -0.25) is 0 Å². The molecule has 0 aliphatic heterocycles. The van der Waals surface area contributed by atoms with E-state index >= 15 is 0 Å². The van der Waals surface area contributed by atoms with Gasteiger partial charge in [0, 0.05) is 22.2 Å². The molecule has 1 aromatic heterocycles. The van der Waals surface area contributed by atoms with Gasteiger partial charge in [0.25, 0.3) is 0 Å². The highest BCUT2D eigenvalue weighted by atomic mass is 16.5. The minimum Gasteiger partial charge on any atom is -0.497 e. The van der Waals surface area contributed by atoms with Gasteiger partial charge in [0.1, 0.15) is 5.75 Å². The molecule has 0 atom stereocenters. The zero-order valence-corrected chi connectivity index (χ0v) is 19.3. The van der Waals surface area contributed by atoms with E-state index in [2.05, 4.69) is 41.4 Å². The SMILES string of the molecule is COc1cccc(-c2[nH]c3ccc(C45CC6CC(CC(C6)C4)C5)cc3c2CCCCN)c1. The van der Waals surface area contributed by atoms with Crippen LogP contribution in [0.3, 0.4) is 0 Å². The number of hydrogen-bond acceptors (Lipinski definition) is 2. The maximum absolute atomic E-state index is 5.84. The second kappa shape index (κ2) is 7.95. The Labute approximate surface area is 191 Å². The van der Waals surface area contributed by atoms with Crippen LogP contribution in [0.15, 0.2) is 42.5 Å². The number of nitrogens with one attached hydrogen (secondary N) is 1. The molecule has 0 unspecified atom stereocenters. The molecular formula is C29H36N2O. The Balaban J connectivity index is 1.45. The van der Waals surface area contributed by atoms with Gasteiger partial charge in [-0.05, 0) is 123 Å². The van der Waals surface area contributed by atoms with Crippen molar-refractivity contribution in [2.75, 3.05) is 13.7 Å². The fraction of sp³-hybridized carbons (Fsp3) is 0.517. The lowest BCUT2D eigenvalue weighted by molar-refractivity contribution is -0.00513. The molecule has 4 saturated carbocycles. The number of aromatic amines is 1. The van der Waals surface area contributed by atoms with E-state index < -0.39 is 0 Å². The second-order valence-electron chi connectivity index (χ2n) is 10.9. The molecule has 0 spiro atoms. The normalized spacial score (nSPS) is 28.5. The highest BCUT2D eigenvalue weighted by Gasteiger charge is 2.51. The molecule has 4 aliphatic carbocycles. The molecule has 3 N–H and O–H groups in total. The number of H-pyrrole nitrogens is 1. The van der Waals surface area contributed by atoms with Crippen LogP contribution in [0.1, 0.15) is 62.5 Å². The number of aryl methyl sites for hydroxylation is 1. The maximum Gasteiger partial charge on any atom is 0.119 e. The molecule has 0 radical (unpaired) electrons. The van der Waals surface area contributed by atoms with Crippen molar-refractivity contribution in [2.24, 2.45) is 23.5 Å². The number of hydrogen-bond donors (Lipinski definition) is 2. The van der Waals surface area contributed by atoms with E-state index in [1.807, 2.05) is 6.07 Å². The quantitative estimate of drug-likeness (QED) is 0.417. The van der Waals surface area contributed by atoms with Crippen LogP contribution in [0.5, 0.6) is 5.75 Å². The average Bonchev–Trinajstić information content (AvgIpc) is 3.16. The van der Waals surface area contributed by atoms with Gasteiger partial charge >= 0.3 is 0 Å². The minimum absolute atomic E-state index is 0.435. The van der Waals surface area contributed by atoms with Crippen LogP contribution < -0.4 is 10.5 Å². The molecule has 0 saturated heterocycles. The van der Waals surface area contributed by atoms with Crippen molar-refractivity contribution in [3.05, 3.63) is 53.6 Å². The largest absolute Gasteiger partial charge is 0.497 e. The van der Waals surface area contributed by atoms with Crippen LogP contribution in [0, 0.1) is 17.8 Å². The first kappa shape index (κ1) is 20.4. The van der Waals surface area contributed by atoms with Crippen LogP contribution in [-0.4, -0.2) is 18.6 Å².